The Balaban J connectivity index is 1.78. The highest BCUT2D eigenvalue weighted by Gasteiger charge is 2.17. The van der Waals surface area contributed by atoms with Crippen molar-refractivity contribution in [3.05, 3.63) is 64.1 Å². The largest absolute Gasteiger partial charge is 0.486 e. The Morgan fingerprint density at radius 1 is 0.885 bits per heavy atom. The van der Waals surface area contributed by atoms with E-state index in [2.05, 4.69) is 0 Å². The summed E-state index contributed by atoms with van der Waals surface area (Å²) in [5, 5.41) is 1.80. The lowest BCUT2D eigenvalue weighted by Crippen LogP contribution is -2.20. The van der Waals surface area contributed by atoms with Gasteiger partial charge in [-0.1, -0.05) is 12.1 Å². The maximum absolute atomic E-state index is 12.9. The van der Waals surface area contributed by atoms with Crippen molar-refractivity contribution in [1.29, 1.82) is 0 Å². The van der Waals surface area contributed by atoms with Crippen molar-refractivity contribution in [2.45, 2.75) is 13.8 Å². The molecule has 1 aliphatic heterocycles. The first-order valence-electron chi connectivity index (χ1n) is 8.57. The van der Waals surface area contributed by atoms with Crippen LogP contribution in [0.2, 0.25) is 0 Å². The maximum atomic E-state index is 12.9. The van der Waals surface area contributed by atoms with Crippen LogP contribution in [0.3, 0.4) is 0 Å². The zero-order valence-electron chi connectivity index (χ0n) is 14.5. The van der Waals surface area contributed by atoms with Crippen molar-refractivity contribution in [3.8, 4) is 17.2 Å². The third-order valence-corrected chi connectivity index (χ3v) is 4.82. The molecule has 26 heavy (non-hydrogen) atoms. The number of nitrogens with zero attached hydrogens (tertiary/aromatic N) is 1. The molecule has 0 saturated carbocycles. The lowest BCUT2D eigenvalue weighted by Gasteiger charge is -2.19. The molecule has 5 rings (SSSR count). The van der Waals surface area contributed by atoms with Gasteiger partial charge in [0, 0.05) is 22.9 Å². The average molecular weight is 347 g/mol. The van der Waals surface area contributed by atoms with E-state index in [9.17, 15) is 4.79 Å². The van der Waals surface area contributed by atoms with Crippen molar-refractivity contribution in [3.63, 3.8) is 0 Å². The standard InChI is InChI=1S/C21H17NO4/c1-12-3-5-15-16-11-20(23)22(13(2)21(16)26-18(15)9-12)14-4-6-17-19(10-14)25-8-7-24-17/h3-6,9-11H,7-8H2,1-2H3. The van der Waals surface area contributed by atoms with Crippen LogP contribution >= 0.6 is 0 Å². The van der Waals surface area contributed by atoms with Gasteiger partial charge in [0.2, 0.25) is 0 Å². The summed E-state index contributed by atoms with van der Waals surface area (Å²) in [6, 6.07) is 13.2. The molecule has 5 heteroatoms. The number of ether oxygens (including phenoxy) is 2. The van der Waals surface area contributed by atoms with Crippen LogP contribution in [0.5, 0.6) is 11.5 Å². The Labute approximate surface area is 149 Å². The van der Waals surface area contributed by atoms with Crippen LogP contribution in [0.25, 0.3) is 27.6 Å². The number of hydrogen-bond donors (Lipinski definition) is 0. The van der Waals surface area contributed by atoms with Gasteiger partial charge in [-0.05, 0) is 37.6 Å². The summed E-state index contributed by atoms with van der Waals surface area (Å²) in [5.74, 6) is 1.35. The average Bonchev–Trinajstić information content (AvgIpc) is 2.99. The summed E-state index contributed by atoms with van der Waals surface area (Å²) in [4.78, 5) is 12.9. The molecule has 2 aromatic carbocycles. The van der Waals surface area contributed by atoms with Gasteiger partial charge < -0.3 is 13.9 Å². The molecule has 0 saturated heterocycles. The van der Waals surface area contributed by atoms with E-state index in [-0.39, 0.29) is 5.56 Å². The van der Waals surface area contributed by atoms with Crippen LogP contribution in [0.1, 0.15) is 11.3 Å². The second kappa shape index (κ2) is 5.39. The highest BCUT2D eigenvalue weighted by atomic mass is 16.6. The number of pyridine rings is 1. The summed E-state index contributed by atoms with van der Waals surface area (Å²) >= 11 is 0. The van der Waals surface area contributed by atoms with Gasteiger partial charge in [-0.15, -0.1) is 0 Å². The van der Waals surface area contributed by atoms with Gasteiger partial charge in [0.1, 0.15) is 18.8 Å². The molecule has 0 atom stereocenters. The minimum Gasteiger partial charge on any atom is -0.486 e. The Morgan fingerprint density at radius 3 is 2.54 bits per heavy atom. The highest BCUT2D eigenvalue weighted by Crippen LogP contribution is 2.34. The van der Waals surface area contributed by atoms with E-state index in [1.54, 1.807) is 10.6 Å². The molecule has 0 aliphatic carbocycles. The van der Waals surface area contributed by atoms with Crippen molar-refractivity contribution in [2.75, 3.05) is 13.2 Å². The van der Waals surface area contributed by atoms with Crippen LogP contribution < -0.4 is 15.0 Å². The Kier molecular flexibility index (Phi) is 3.13. The Hall–Kier alpha value is -3.21. The molecular formula is C21H17NO4. The van der Waals surface area contributed by atoms with E-state index in [0.29, 0.717) is 24.7 Å². The minimum atomic E-state index is -0.102. The number of aryl methyl sites for hydroxylation is 2. The van der Waals surface area contributed by atoms with Gasteiger partial charge in [-0.25, -0.2) is 0 Å². The maximum Gasteiger partial charge on any atom is 0.256 e. The Morgan fingerprint density at radius 2 is 1.69 bits per heavy atom. The summed E-state index contributed by atoms with van der Waals surface area (Å²) in [6.45, 7) is 4.96. The number of hydrogen-bond acceptors (Lipinski definition) is 4. The molecule has 2 aromatic heterocycles. The third-order valence-electron chi connectivity index (χ3n) is 4.82. The number of rotatable bonds is 1. The third kappa shape index (κ3) is 2.13. The molecule has 0 bridgehead atoms. The lowest BCUT2D eigenvalue weighted by molar-refractivity contribution is 0.171. The smallest absolute Gasteiger partial charge is 0.256 e. The summed E-state index contributed by atoms with van der Waals surface area (Å²) in [5.41, 5.74) is 4.03. The fraction of sp³-hybridized carbons (Fsp3) is 0.190. The van der Waals surface area contributed by atoms with Gasteiger partial charge in [-0.3, -0.25) is 9.36 Å². The second-order valence-electron chi connectivity index (χ2n) is 6.58. The number of fused-ring (bicyclic) bond motifs is 4. The van der Waals surface area contributed by atoms with E-state index >= 15 is 0 Å². The molecule has 0 radical (unpaired) electrons. The van der Waals surface area contributed by atoms with E-state index in [0.717, 1.165) is 38.9 Å². The minimum absolute atomic E-state index is 0.102. The van der Waals surface area contributed by atoms with Crippen LogP contribution in [0, 0.1) is 13.8 Å². The van der Waals surface area contributed by atoms with Gasteiger partial charge in [0.15, 0.2) is 17.1 Å². The molecule has 4 aromatic rings. The van der Waals surface area contributed by atoms with Crippen molar-refractivity contribution in [2.24, 2.45) is 0 Å². The second-order valence-corrected chi connectivity index (χ2v) is 6.58. The quantitative estimate of drug-likeness (QED) is 0.520. The Bertz CT molecular complexity index is 1230. The fourth-order valence-electron chi connectivity index (χ4n) is 3.58. The van der Waals surface area contributed by atoms with Crippen LogP contribution in [0.4, 0.5) is 0 Å². The molecule has 0 amide bonds. The monoisotopic (exact) mass is 347 g/mol. The molecule has 5 nitrogen and oxygen atoms in total. The molecule has 0 N–H and O–H groups in total. The van der Waals surface area contributed by atoms with Crippen LogP contribution in [-0.2, 0) is 0 Å². The SMILES string of the molecule is Cc1ccc2c(c1)oc1c(C)n(-c3ccc4c(c3)OCCO4)c(=O)cc12. The molecule has 0 unspecified atom stereocenters. The molecule has 0 fully saturated rings. The molecule has 0 spiro atoms. The van der Waals surface area contributed by atoms with Crippen LogP contribution in [0.15, 0.2) is 51.7 Å². The van der Waals surface area contributed by atoms with E-state index < -0.39 is 0 Å². The highest BCUT2D eigenvalue weighted by molar-refractivity contribution is 6.05. The topological polar surface area (TPSA) is 53.6 Å². The first-order chi connectivity index (χ1) is 12.6. The van der Waals surface area contributed by atoms with Crippen molar-refractivity contribution in [1.82, 2.24) is 4.57 Å². The summed E-state index contributed by atoms with van der Waals surface area (Å²) in [6.07, 6.45) is 0. The number of aromatic nitrogens is 1. The van der Waals surface area contributed by atoms with E-state index in [1.165, 1.54) is 0 Å². The first kappa shape index (κ1) is 15.1. The van der Waals surface area contributed by atoms with Crippen molar-refractivity contribution < 1.29 is 13.9 Å². The molecule has 3 heterocycles. The molecule has 130 valence electrons. The normalized spacial score (nSPS) is 13.5. The van der Waals surface area contributed by atoms with E-state index in [4.69, 9.17) is 13.9 Å². The van der Waals surface area contributed by atoms with Gasteiger partial charge in [-0.2, -0.15) is 0 Å². The number of furan rings is 1. The van der Waals surface area contributed by atoms with Gasteiger partial charge in [0.05, 0.1) is 11.4 Å². The lowest BCUT2D eigenvalue weighted by atomic mass is 10.1. The van der Waals surface area contributed by atoms with Crippen LogP contribution in [-0.4, -0.2) is 17.8 Å². The van der Waals surface area contributed by atoms with E-state index in [1.807, 2.05) is 50.2 Å². The number of benzene rings is 2. The molecule has 1 aliphatic rings. The predicted molar refractivity (Wildman–Crippen MR) is 99.8 cm³/mol. The summed E-state index contributed by atoms with van der Waals surface area (Å²) < 4.78 is 18.9. The predicted octanol–water partition coefficient (Wildman–Crippen LogP) is 4.12. The van der Waals surface area contributed by atoms with Gasteiger partial charge in [0.25, 0.3) is 5.56 Å². The van der Waals surface area contributed by atoms with Crippen molar-refractivity contribution >= 4 is 21.9 Å². The summed E-state index contributed by atoms with van der Waals surface area (Å²) in [7, 11) is 0. The first-order valence-corrected chi connectivity index (χ1v) is 8.57. The molecular weight excluding hydrogens is 330 g/mol. The zero-order chi connectivity index (χ0) is 17.8. The zero-order valence-corrected chi connectivity index (χ0v) is 14.5. The van der Waals surface area contributed by atoms with Gasteiger partial charge >= 0.3 is 0 Å². The fourth-order valence-corrected chi connectivity index (χ4v) is 3.58.